The zero-order chi connectivity index (χ0) is 50.6. The first-order valence-electron chi connectivity index (χ1n) is 29.2. The van der Waals surface area contributed by atoms with Crippen LogP contribution in [0.15, 0.2) is 36.5 Å². The second-order valence-electron chi connectivity index (χ2n) is 20.9. The minimum absolute atomic E-state index is 0.183. The lowest BCUT2D eigenvalue weighted by atomic mass is 10.0. The number of rotatable bonds is 54. The van der Waals surface area contributed by atoms with E-state index in [2.05, 4.69) is 50.3 Å². The molecule has 0 radical (unpaired) electrons. The second-order valence-corrected chi connectivity index (χ2v) is 20.9. The number of hydrogen-bond donors (Lipinski definition) is 1. The smallest absolute Gasteiger partial charge is 0.361 e. The fraction of sp³-hybridized carbons (Fsp3) is 0.850. The summed E-state index contributed by atoms with van der Waals surface area (Å²) >= 11 is 0. The van der Waals surface area contributed by atoms with Gasteiger partial charge in [-0.3, -0.25) is 9.59 Å². The Balaban J connectivity index is 4.04. The van der Waals surface area contributed by atoms with Gasteiger partial charge in [-0.1, -0.05) is 249 Å². The van der Waals surface area contributed by atoms with Crippen molar-refractivity contribution < 1.29 is 42.9 Å². The van der Waals surface area contributed by atoms with Gasteiger partial charge >= 0.3 is 17.9 Å². The third-order valence-corrected chi connectivity index (χ3v) is 12.9. The van der Waals surface area contributed by atoms with E-state index in [1.54, 1.807) is 0 Å². The summed E-state index contributed by atoms with van der Waals surface area (Å²) in [6.07, 6.45) is 59.7. The first-order chi connectivity index (χ1) is 33.6. The first kappa shape index (κ1) is 66.5. The number of allylic oxidation sites excluding steroid dienone is 6. The van der Waals surface area contributed by atoms with E-state index < -0.39 is 24.3 Å². The molecule has 0 bridgehead atoms. The predicted molar refractivity (Wildman–Crippen MR) is 291 cm³/mol. The molecule has 0 aromatic rings. The van der Waals surface area contributed by atoms with Crippen molar-refractivity contribution >= 4 is 17.9 Å². The maximum absolute atomic E-state index is 12.8. The van der Waals surface area contributed by atoms with Crippen LogP contribution in [0.2, 0.25) is 0 Å². The van der Waals surface area contributed by atoms with Crippen molar-refractivity contribution in [1.82, 2.24) is 0 Å². The lowest BCUT2D eigenvalue weighted by Crippen LogP contribution is -2.40. The number of quaternary nitrogens is 1. The SMILES string of the molecule is CC/C=C\C/C=C\C/C=C\CCCCCC(=O)OC(COC(=O)CCCCCCCCCCCCCCCCCCCCCCCCCCCCCCCCC)COC(OCC[N+](C)(C)C)C(=O)O. The van der Waals surface area contributed by atoms with Gasteiger partial charge in [-0.05, 0) is 44.9 Å². The van der Waals surface area contributed by atoms with Gasteiger partial charge in [0.15, 0.2) is 6.10 Å². The van der Waals surface area contributed by atoms with Gasteiger partial charge in [-0.25, -0.2) is 4.79 Å². The molecule has 0 saturated carbocycles. The van der Waals surface area contributed by atoms with E-state index in [9.17, 15) is 19.5 Å². The average molecular weight is 976 g/mol. The third kappa shape index (κ3) is 53.1. The van der Waals surface area contributed by atoms with E-state index in [0.29, 0.717) is 23.9 Å². The number of carbonyl (C=O) groups is 3. The van der Waals surface area contributed by atoms with Crippen LogP contribution in [-0.4, -0.2) is 87.4 Å². The Morgan fingerprint density at radius 2 is 0.826 bits per heavy atom. The molecule has 0 rings (SSSR count). The van der Waals surface area contributed by atoms with E-state index >= 15 is 0 Å². The van der Waals surface area contributed by atoms with Gasteiger partial charge in [0.05, 0.1) is 34.4 Å². The summed E-state index contributed by atoms with van der Waals surface area (Å²) in [5.74, 6) is -2.03. The van der Waals surface area contributed by atoms with E-state index in [-0.39, 0.29) is 32.2 Å². The highest BCUT2D eigenvalue weighted by atomic mass is 16.7. The van der Waals surface area contributed by atoms with Crippen molar-refractivity contribution in [3.8, 4) is 0 Å². The zero-order valence-electron chi connectivity index (χ0n) is 46.0. The summed E-state index contributed by atoms with van der Waals surface area (Å²) < 4.78 is 22.8. The Morgan fingerprint density at radius 3 is 1.23 bits per heavy atom. The van der Waals surface area contributed by atoms with Crippen LogP contribution in [0.3, 0.4) is 0 Å². The van der Waals surface area contributed by atoms with Crippen molar-refractivity contribution in [3.05, 3.63) is 36.5 Å². The lowest BCUT2D eigenvalue weighted by molar-refractivity contribution is -0.870. The summed E-state index contributed by atoms with van der Waals surface area (Å²) in [5, 5.41) is 9.67. The maximum atomic E-state index is 12.8. The number of carboxylic acids is 1. The van der Waals surface area contributed by atoms with Gasteiger partial charge < -0.3 is 28.5 Å². The molecule has 0 spiro atoms. The van der Waals surface area contributed by atoms with Gasteiger partial charge in [-0.2, -0.15) is 0 Å². The van der Waals surface area contributed by atoms with Crippen molar-refractivity contribution in [3.63, 3.8) is 0 Å². The van der Waals surface area contributed by atoms with Gasteiger partial charge in [0, 0.05) is 12.8 Å². The number of unbranched alkanes of at least 4 members (excludes halogenated alkanes) is 33. The number of hydrogen-bond acceptors (Lipinski definition) is 7. The first-order valence-corrected chi connectivity index (χ1v) is 29.2. The molecule has 2 atom stereocenters. The minimum atomic E-state index is -1.52. The molecule has 69 heavy (non-hydrogen) atoms. The van der Waals surface area contributed by atoms with Crippen LogP contribution in [0.4, 0.5) is 0 Å². The highest BCUT2D eigenvalue weighted by Crippen LogP contribution is 2.18. The minimum Gasteiger partial charge on any atom is -0.477 e. The highest BCUT2D eigenvalue weighted by Gasteiger charge is 2.25. The summed E-state index contributed by atoms with van der Waals surface area (Å²) in [6, 6.07) is 0. The van der Waals surface area contributed by atoms with E-state index in [0.717, 1.165) is 57.8 Å². The topological polar surface area (TPSA) is 108 Å². The Kier molecular flexibility index (Phi) is 50.0. The van der Waals surface area contributed by atoms with Crippen LogP contribution in [0.5, 0.6) is 0 Å². The normalized spacial score (nSPS) is 13.0. The van der Waals surface area contributed by atoms with Crippen molar-refractivity contribution in [2.24, 2.45) is 0 Å². The molecular formula is C60H112NO8+. The third-order valence-electron chi connectivity index (χ3n) is 12.9. The number of nitrogens with zero attached hydrogens (tertiary/aromatic N) is 1. The van der Waals surface area contributed by atoms with Gasteiger partial charge in [0.25, 0.3) is 6.29 Å². The molecule has 0 fully saturated rings. The molecule has 404 valence electrons. The zero-order valence-corrected chi connectivity index (χ0v) is 46.0. The number of ether oxygens (including phenoxy) is 4. The quantitative estimate of drug-likeness (QED) is 0.0211. The fourth-order valence-corrected chi connectivity index (χ4v) is 8.44. The number of aliphatic carboxylic acids is 1. The Hall–Kier alpha value is -2.49. The Bertz CT molecular complexity index is 1230. The van der Waals surface area contributed by atoms with Crippen LogP contribution >= 0.6 is 0 Å². The molecule has 0 aliphatic heterocycles. The monoisotopic (exact) mass is 975 g/mol. The van der Waals surface area contributed by atoms with Gasteiger partial charge in [-0.15, -0.1) is 0 Å². The lowest BCUT2D eigenvalue weighted by Gasteiger charge is -2.25. The molecule has 9 nitrogen and oxygen atoms in total. The highest BCUT2D eigenvalue weighted by molar-refractivity contribution is 5.71. The van der Waals surface area contributed by atoms with Crippen LogP contribution in [-0.2, 0) is 33.3 Å². The van der Waals surface area contributed by atoms with Crippen LogP contribution in [0.1, 0.15) is 271 Å². The number of carboxylic acid groups (broad SMARTS) is 1. The second kappa shape index (κ2) is 51.9. The van der Waals surface area contributed by atoms with E-state index in [1.807, 2.05) is 21.1 Å². The van der Waals surface area contributed by atoms with Crippen LogP contribution in [0, 0.1) is 0 Å². The summed E-state index contributed by atoms with van der Waals surface area (Å²) in [4.78, 5) is 37.3. The van der Waals surface area contributed by atoms with E-state index in [1.165, 1.54) is 180 Å². The van der Waals surface area contributed by atoms with Gasteiger partial charge in [0.1, 0.15) is 13.2 Å². The molecular weight excluding hydrogens is 863 g/mol. The number of likely N-dealkylation sites (N-methyl/N-ethyl adjacent to an activating group) is 1. The van der Waals surface area contributed by atoms with E-state index in [4.69, 9.17) is 18.9 Å². The molecule has 0 aromatic heterocycles. The standard InChI is InChI=1S/C60H111NO8/c1-6-8-10-12-14-16-18-20-21-22-23-24-25-26-27-28-29-30-31-32-33-34-35-36-37-39-40-42-44-46-48-50-57(62)67-54-56(55-68-60(59(64)65)66-53-52-61(3,4)5)69-58(63)51-49-47-45-43-41-38-19-17-15-13-11-9-7-2/h9,11,15,17,38,41,56,60H,6-8,10,12-14,16,18-37,39-40,42-55H2,1-5H3/p+1/b11-9-,17-15-,41-38-. The Labute approximate surface area is 426 Å². The Morgan fingerprint density at radius 1 is 0.449 bits per heavy atom. The summed E-state index contributed by atoms with van der Waals surface area (Å²) in [7, 11) is 5.96. The van der Waals surface area contributed by atoms with Crippen LogP contribution in [0.25, 0.3) is 0 Å². The number of esters is 2. The molecule has 0 heterocycles. The summed E-state index contributed by atoms with van der Waals surface area (Å²) in [5.41, 5.74) is 0. The molecule has 0 amide bonds. The van der Waals surface area contributed by atoms with Crippen molar-refractivity contribution in [2.75, 3.05) is 47.5 Å². The molecule has 2 unspecified atom stereocenters. The molecule has 9 heteroatoms. The van der Waals surface area contributed by atoms with Gasteiger partial charge in [0.2, 0.25) is 0 Å². The molecule has 0 aliphatic rings. The molecule has 1 N–H and O–H groups in total. The maximum Gasteiger partial charge on any atom is 0.361 e. The van der Waals surface area contributed by atoms with Crippen LogP contribution < -0.4 is 0 Å². The molecule has 0 aromatic carbocycles. The van der Waals surface area contributed by atoms with Crippen molar-refractivity contribution in [2.45, 2.75) is 283 Å². The van der Waals surface area contributed by atoms with Crippen molar-refractivity contribution in [1.29, 1.82) is 0 Å². The predicted octanol–water partition coefficient (Wildman–Crippen LogP) is 16.9. The molecule has 0 aliphatic carbocycles. The fourth-order valence-electron chi connectivity index (χ4n) is 8.44. The largest absolute Gasteiger partial charge is 0.477 e. The number of carbonyl (C=O) groups excluding carboxylic acids is 2. The summed E-state index contributed by atoms with van der Waals surface area (Å²) in [6.45, 7) is 4.76. The average Bonchev–Trinajstić information content (AvgIpc) is 3.31. The molecule has 0 saturated heterocycles.